The van der Waals surface area contributed by atoms with E-state index in [1.54, 1.807) is 6.07 Å². The second kappa shape index (κ2) is 10.1. The van der Waals surface area contributed by atoms with Crippen LogP contribution in [0.2, 0.25) is 0 Å². The molecule has 148 valence electrons. The van der Waals surface area contributed by atoms with Crippen molar-refractivity contribution in [3.63, 3.8) is 0 Å². The van der Waals surface area contributed by atoms with Crippen LogP contribution >= 0.6 is 11.8 Å². The molecule has 0 radical (unpaired) electrons. The molecule has 2 aromatic carbocycles. The molecule has 1 aliphatic rings. The minimum absolute atomic E-state index is 0.0920. The number of anilines is 2. The molecule has 3 amide bonds. The fourth-order valence-electron chi connectivity index (χ4n) is 3.03. The summed E-state index contributed by atoms with van der Waals surface area (Å²) in [6.45, 7) is 4.95. The van der Waals surface area contributed by atoms with Crippen molar-refractivity contribution in [1.29, 1.82) is 0 Å². The van der Waals surface area contributed by atoms with Crippen LogP contribution in [0, 0.1) is 6.92 Å². The number of carbonyl (C=O) groups excluding carboxylic acids is 2. The Labute approximate surface area is 170 Å². The number of hydrogen-bond acceptors (Lipinski definition) is 4. The summed E-state index contributed by atoms with van der Waals surface area (Å²) in [7, 11) is 0. The zero-order chi connectivity index (χ0) is 19.8. The maximum atomic E-state index is 12.2. The van der Waals surface area contributed by atoms with Gasteiger partial charge in [-0.15, -0.1) is 0 Å². The van der Waals surface area contributed by atoms with E-state index in [1.807, 2.05) is 55.1 Å². The second-order valence-corrected chi connectivity index (χ2v) is 8.04. The van der Waals surface area contributed by atoms with Crippen LogP contribution in [-0.2, 0) is 11.3 Å². The number of hydrogen-bond donors (Lipinski definition) is 3. The van der Waals surface area contributed by atoms with Crippen molar-refractivity contribution < 1.29 is 9.59 Å². The molecule has 28 heavy (non-hydrogen) atoms. The van der Waals surface area contributed by atoms with Gasteiger partial charge in [0.2, 0.25) is 5.91 Å². The Balaban J connectivity index is 1.45. The standard InChI is InChI=1S/C21H26N4O2S/c1-16-4-2-6-18(12-16)24-21(27)22-14-20(26)23-19-7-3-5-17(13-19)15-25-8-10-28-11-9-25/h2-7,12-13H,8-11,14-15H2,1H3,(H,23,26)(H2,22,24,27). The molecule has 0 saturated carbocycles. The van der Waals surface area contributed by atoms with Gasteiger partial charge in [-0.3, -0.25) is 9.69 Å². The van der Waals surface area contributed by atoms with Gasteiger partial charge in [-0.05, 0) is 42.3 Å². The van der Waals surface area contributed by atoms with Gasteiger partial charge < -0.3 is 16.0 Å². The van der Waals surface area contributed by atoms with Gasteiger partial charge in [0.15, 0.2) is 0 Å². The first-order chi connectivity index (χ1) is 13.6. The molecule has 0 atom stereocenters. The van der Waals surface area contributed by atoms with Gasteiger partial charge in [0.25, 0.3) is 0 Å². The fraction of sp³-hybridized carbons (Fsp3) is 0.333. The SMILES string of the molecule is Cc1cccc(NC(=O)NCC(=O)Nc2cccc(CN3CCSCC3)c2)c1. The van der Waals surface area contributed by atoms with E-state index in [0.29, 0.717) is 5.69 Å². The topological polar surface area (TPSA) is 73.5 Å². The van der Waals surface area contributed by atoms with Crippen LogP contribution in [0.4, 0.5) is 16.2 Å². The molecule has 0 unspecified atom stereocenters. The molecular formula is C21H26N4O2S. The first kappa shape index (κ1) is 20.2. The second-order valence-electron chi connectivity index (χ2n) is 6.81. The van der Waals surface area contributed by atoms with Crippen molar-refractivity contribution in [2.45, 2.75) is 13.5 Å². The lowest BCUT2D eigenvalue weighted by atomic mass is 10.2. The van der Waals surface area contributed by atoms with Gasteiger partial charge in [0, 0.05) is 42.5 Å². The molecule has 3 N–H and O–H groups in total. The number of benzene rings is 2. The van der Waals surface area contributed by atoms with Gasteiger partial charge in [0.05, 0.1) is 6.54 Å². The van der Waals surface area contributed by atoms with Crippen molar-refractivity contribution >= 4 is 35.1 Å². The van der Waals surface area contributed by atoms with Crippen LogP contribution in [-0.4, -0.2) is 48.0 Å². The molecule has 0 aliphatic carbocycles. The van der Waals surface area contributed by atoms with E-state index in [9.17, 15) is 9.59 Å². The Bertz CT molecular complexity index is 822. The highest BCUT2D eigenvalue weighted by Gasteiger charge is 2.11. The fourth-order valence-corrected chi connectivity index (χ4v) is 4.01. The summed E-state index contributed by atoms with van der Waals surface area (Å²) in [5, 5.41) is 8.14. The summed E-state index contributed by atoms with van der Waals surface area (Å²) in [4.78, 5) is 26.5. The number of nitrogens with one attached hydrogen (secondary N) is 3. The molecular weight excluding hydrogens is 372 g/mol. The largest absolute Gasteiger partial charge is 0.329 e. The lowest BCUT2D eigenvalue weighted by Gasteiger charge is -2.26. The van der Waals surface area contributed by atoms with Crippen molar-refractivity contribution in [1.82, 2.24) is 10.2 Å². The highest BCUT2D eigenvalue weighted by molar-refractivity contribution is 7.99. The predicted molar refractivity (Wildman–Crippen MR) is 116 cm³/mol. The Morgan fingerprint density at radius 3 is 2.46 bits per heavy atom. The molecule has 3 rings (SSSR count). The summed E-state index contributed by atoms with van der Waals surface area (Å²) in [5.74, 6) is 2.09. The van der Waals surface area contributed by atoms with Crippen LogP contribution < -0.4 is 16.0 Å². The van der Waals surface area contributed by atoms with E-state index >= 15 is 0 Å². The minimum Gasteiger partial charge on any atom is -0.329 e. The molecule has 7 heteroatoms. The smallest absolute Gasteiger partial charge is 0.319 e. The maximum Gasteiger partial charge on any atom is 0.319 e. The van der Waals surface area contributed by atoms with E-state index in [1.165, 1.54) is 17.1 Å². The van der Waals surface area contributed by atoms with Crippen LogP contribution in [0.5, 0.6) is 0 Å². The first-order valence-corrected chi connectivity index (χ1v) is 10.5. The van der Waals surface area contributed by atoms with E-state index in [-0.39, 0.29) is 12.5 Å². The number of rotatable bonds is 6. The van der Waals surface area contributed by atoms with Crippen molar-refractivity contribution in [2.75, 3.05) is 41.8 Å². The highest BCUT2D eigenvalue weighted by Crippen LogP contribution is 2.16. The molecule has 2 aromatic rings. The summed E-state index contributed by atoms with van der Waals surface area (Å²) in [6, 6.07) is 15.0. The Morgan fingerprint density at radius 1 is 1.00 bits per heavy atom. The molecule has 0 spiro atoms. The van der Waals surface area contributed by atoms with Crippen molar-refractivity contribution in [3.8, 4) is 0 Å². The number of nitrogens with zero attached hydrogens (tertiary/aromatic N) is 1. The van der Waals surface area contributed by atoms with E-state index in [4.69, 9.17) is 0 Å². The third-order valence-corrected chi connectivity index (χ3v) is 5.35. The van der Waals surface area contributed by atoms with Gasteiger partial charge in [-0.1, -0.05) is 24.3 Å². The maximum absolute atomic E-state index is 12.2. The molecule has 1 fully saturated rings. The zero-order valence-electron chi connectivity index (χ0n) is 16.0. The molecule has 1 saturated heterocycles. The lowest BCUT2D eigenvalue weighted by Crippen LogP contribution is -2.35. The first-order valence-electron chi connectivity index (χ1n) is 9.39. The van der Waals surface area contributed by atoms with Crippen molar-refractivity contribution in [2.24, 2.45) is 0 Å². The average molecular weight is 399 g/mol. The Kier molecular flexibility index (Phi) is 7.33. The van der Waals surface area contributed by atoms with E-state index < -0.39 is 6.03 Å². The lowest BCUT2D eigenvalue weighted by molar-refractivity contribution is -0.115. The van der Waals surface area contributed by atoms with Gasteiger partial charge in [0.1, 0.15) is 0 Å². The third-order valence-electron chi connectivity index (χ3n) is 4.41. The number of amides is 3. The Hall–Kier alpha value is -2.51. The van der Waals surface area contributed by atoms with Gasteiger partial charge >= 0.3 is 6.03 Å². The van der Waals surface area contributed by atoms with Crippen LogP contribution in [0.25, 0.3) is 0 Å². The van der Waals surface area contributed by atoms with Gasteiger partial charge in [-0.25, -0.2) is 4.79 Å². The number of carbonyl (C=O) groups is 2. The molecule has 1 aliphatic heterocycles. The summed E-state index contributed by atoms with van der Waals surface area (Å²) >= 11 is 1.99. The summed E-state index contributed by atoms with van der Waals surface area (Å²) in [6.07, 6.45) is 0. The summed E-state index contributed by atoms with van der Waals surface area (Å²) < 4.78 is 0. The van der Waals surface area contributed by atoms with Gasteiger partial charge in [-0.2, -0.15) is 11.8 Å². The normalized spacial score (nSPS) is 14.3. The predicted octanol–water partition coefficient (Wildman–Crippen LogP) is 3.30. The molecule has 1 heterocycles. The van der Waals surface area contributed by atoms with Crippen LogP contribution in [0.3, 0.4) is 0 Å². The number of urea groups is 1. The van der Waals surface area contributed by atoms with Crippen LogP contribution in [0.15, 0.2) is 48.5 Å². The summed E-state index contributed by atoms with van der Waals surface area (Å²) in [5.41, 5.74) is 3.67. The molecule has 0 bridgehead atoms. The monoisotopic (exact) mass is 398 g/mol. The third kappa shape index (κ3) is 6.58. The van der Waals surface area contributed by atoms with Crippen molar-refractivity contribution in [3.05, 3.63) is 59.7 Å². The molecule has 0 aromatic heterocycles. The van der Waals surface area contributed by atoms with E-state index in [0.717, 1.165) is 30.9 Å². The number of thioether (sulfide) groups is 1. The minimum atomic E-state index is -0.405. The average Bonchev–Trinajstić information content (AvgIpc) is 2.67. The Morgan fingerprint density at radius 2 is 1.71 bits per heavy atom. The highest BCUT2D eigenvalue weighted by atomic mass is 32.2. The van der Waals surface area contributed by atoms with E-state index in [2.05, 4.69) is 26.9 Å². The number of aryl methyl sites for hydroxylation is 1. The zero-order valence-corrected chi connectivity index (χ0v) is 16.8. The molecule has 6 nitrogen and oxygen atoms in total. The van der Waals surface area contributed by atoms with Crippen LogP contribution in [0.1, 0.15) is 11.1 Å². The quantitative estimate of drug-likeness (QED) is 0.698.